The molecule has 31 heavy (non-hydrogen) atoms. The van der Waals surface area contributed by atoms with E-state index in [0.29, 0.717) is 6.42 Å². The fourth-order valence-electron chi connectivity index (χ4n) is 3.60. The molecule has 0 rings (SSSR count). The van der Waals surface area contributed by atoms with Crippen molar-refractivity contribution >= 4 is 5.91 Å². The molecule has 2 unspecified atom stereocenters. The minimum Gasteiger partial charge on any atom is -0.394 e. The highest BCUT2D eigenvalue weighted by atomic mass is 16.3. The summed E-state index contributed by atoms with van der Waals surface area (Å²) in [5, 5.41) is 22.3. The summed E-state index contributed by atoms with van der Waals surface area (Å²) in [5.74, 6) is -0.102. The zero-order valence-electron chi connectivity index (χ0n) is 20.5. The fraction of sp³-hybridized carbons (Fsp3) is 0.815. The van der Waals surface area contributed by atoms with Crippen LogP contribution in [0, 0.1) is 0 Å². The molecule has 0 aliphatic carbocycles. The van der Waals surface area contributed by atoms with Crippen LogP contribution in [0.4, 0.5) is 0 Å². The van der Waals surface area contributed by atoms with Gasteiger partial charge in [-0.05, 0) is 32.1 Å². The number of aliphatic hydroxyl groups is 2. The molecule has 0 aromatic carbocycles. The second kappa shape index (κ2) is 23.5. The number of hydrogen-bond acceptors (Lipinski definition) is 3. The van der Waals surface area contributed by atoms with E-state index >= 15 is 0 Å². The quantitative estimate of drug-likeness (QED) is 0.132. The van der Waals surface area contributed by atoms with Crippen molar-refractivity contribution in [1.82, 2.24) is 5.32 Å². The highest BCUT2D eigenvalue weighted by molar-refractivity contribution is 5.76. The van der Waals surface area contributed by atoms with Gasteiger partial charge < -0.3 is 15.5 Å². The highest BCUT2D eigenvalue weighted by Gasteiger charge is 2.17. The van der Waals surface area contributed by atoms with Crippen molar-refractivity contribution in [3.05, 3.63) is 24.3 Å². The highest BCUT2D eigenvalue weighted by Crippen LogP contribution is 2.11. The van der Waals surface area contributed by atoms with Crippen LogP contribution in [0.5, 0.6) is 0 Å². The normalized spacial score (nSPS) is 13.8. The zero-order chi connectivity index (χ0) is 23.0. The lowest BCUT2D eigenvalue weighted by molar-refractivity contribution is -0.123. The maximum atomic E-state index is 11.8. The predicted octanol–water partition coefficient (Wildman–Crippen LogP) is 6.61. The first-order valence-electron chi connectivity index (χ1n) is 13.1. The Morgan fingerprint density at radius 1 is 0.742 bits per heavy atom. The minimum atomic E-state index is -0.851. The SMILES string of the molecule is CCCCCCCCCCCC/C=C/CC/C=C/C(O)C(CO)NC(=O)CCCCC. The first-order chi connectivity index (χ1) is 15.2. The molecule has 0 fully saturated rings. The molecule has 0 saturated carbocycles. The van der Waals surface area contributed by atoms with Crippen molar-refractivity contribution in [2.75, 3.05) is 6.61 Å². The molecular formula is C27H51NO3. The summed E-state index contributed by atoms with van der Waals surface area (Å²) in [6.07, 6.45) is 27.3. The van der Waals surface area contributed by atoms with Crippen LogP contribution in [0.2, 0.25) is 0 Å². The van der Waals surface area contributed by atoms with Gasteiger partial charge in [-0.1, -0.05) is 109 Å². The van der Waals surface area contributed by atoms with Gasteiger partial charge in [0.25, 0.3) is 0 Å². The number of aliphatic hydroxyl groups excluding tert-OH is 2. The average molecular weight is 438 g/mol. The molecule has 182 valence electrons. The summed E-state index contributed by atoms with van der Waals surface area (Å²) < 4.78 is 0. The third-order valence-corrected chi connectivity index (χ3v) is 5.69. The van der Waals surface area contributed by atoms with E-state index in [4.69, 9.17) is 0 Å². The number of rotatable bonds is 22. The summed E-state index contributed by atoms with van der Waals surface area (Å²) in [4.78, 5) is 11.8. The molecule has 0 saturated heterocycles. The molecule has 0 aliphatic heterocycles. The van der Waals surface area contributed by atoms with Crippen molar-refractivity contribution in [3.8, 4) is 0 Å². The Kier molecular flexibility index (Phi) is 22.7. The van der Waals surface area contributed by atoms with Crippen molar-refractivity contribution in [1.29, 1.82) is 0 Å². The maximum absolute atomic E-state index is 11.8. The van der Waals surface area contributed by atoms with Crippen LogP contribution in [-0.4, -0.2) is 34.9 Å². The van der Waals surface area contributed by atoms with E-state index in [0.717, 1.165) is 38.5 Å². The Balaban J connectivity index is 3.67. The molecule has 3 N–H and O–H groups in total. The molecule has 4 heteroatoms. The van der Waals surface area contributed by atoms with Crippen molar-refractivity contribution in [2.24, 2.45) is 0 Å². The van der Waals surface area contributed by atoms with Gasteiger partial charge in [-0.2, -0.15) is 0 Å². The summed E-state index contributed by atoms with van der Waals surface area (Å²) in [7, 11) is 0. The summed E-state index contributed by atoms with van der Waals surface area (Å²) in [5.41, 5.74) is 0. The monoisotopic (exact) mass is 437 g/mol. The van der Waals surface area contributed by atoms with E-state index < -0.39 is 12.1 Å². The molecule has 0 aromatic heterocycles. The van der Waals surface area contributed by atoms with Crippen LogP contribution in [0.15, 0.2) is 24.3 Å². The predicted molar refractivity (Wildman–Crippen MR) is 133 cm³/mol. The van der Waals surface area contributed by atoms with Gasteiger partial charge in [0, 0.05) is 6.42 Å². The molecule has 0 spiro atoms. The Morgan fingerprint density at radius 3 is 1.87 bits per heavy atom. The summed E-state index contributed by atoms with van der Waals surface area (Å²) in [6, 6.07) is -0.628. The minimum absolute atomic E-state index is 0.102. The van der Waals surface area contributed by atoms with Gasteiger partial charge in [0.2, 0.25) is 5.91 Å². The number of nitrogens with one attached hydrogen (secondary N) is 1. The van der Waals surface area contributed by atoms with Crippen LogP contribution in [-0.2, 0) is 4.79 Å². The second-order valence-electron chi connectivity index (χ2n) is 8.75. The van der Waals surface area contributed by atoms with E-state index in [9.17, 15) is 15.0 Å². The second-order valence-corrected chi connectivity index (χ2v) is 8.75. The molecule has 4 nitrogen and oxygen atoms in total. The van der Waals surface area contributed by atoms with Crippen LogP contribution < -0.4 is 5.32 Å². The Bertz CT molecular complexity index is 448. The molecule has 0 heterocycles. The van der Waals surface area contributed by atoms with Gasteiger partial charge in [-0.15, -0.1) is 0 Å². The number of allylic oxidation sites excluding steroid dienone is 3. The molecule has 0 aliphatic rings. The number of unbranched alkanes of at least 4 members (excludes halogenated alkanes) is 13. The van der Waals surface area contributed by atoms with Gasteiger partial charge in [-0.25, -0.2) is 0 Å². The van der Waals surface area contributed by atoms with E-state index in [1.54, 1.807) is 6.08 Å². The van der Waals surface area contributed by atoms with E-state index in [1.807, 2.05) is 6.08 Å². The summed E-state index contributed by atoms with van der Waals surface area (Å²) >= 11 is 0. The maximum Gasteiger partial charge on any atom is 0.220 e. The van der Waals surface area contributed by atoms with Crippen LogP contribution in [0.3, 0.4) is 0 Å². The van der Waals surface area contributed by atoms with Gasteiger partial charge >= 0.3 is 0 Å². The third-order valence-electron chi connectivity index (χ3n) is 5.69. The Labute approximate surface area is 192 Å². The van der Waals surface area contributed by atoms with Gasteiger partial charge in [0.1, 0.15) is 0 Å². The fourth-order valence-corrected chi connectivity index (χ4v) is 3.60. The first-order valence-corrected chi connectivity index (χ1v) is 13.1. The smallest absolute Gasteiger partial charge is 0.220 e. The molecule has 0 aromatic rings. The standard InChI is InChI=1S/C27H51NO3/c1-3-5-7-8-9-10-11-12-13-14-15-16-17-18-19-21-22-26(30)25(24-29)28-27(31)23-20-6-4-2/h16-17,21-22,25-26,29-30H,3-15,18-20,23-24H2,1-2H3,(H,28,31)/b17-16+,22-21+. The number of amides is 1. The van der Waals surface area contributed by atoms with E-state index in [-0.39, 0.29) is 12.5 Å². The Morgan fingerprint density at radius 2 is 1.26 bits per heavy atom. The zero-order valence-corrected chi connectivity index (χ0v) is 20.5. The van der Waals surface area contributed by atoms with Crippen LogP contribution >= 0.6 is 0 Å². The van der Waals surface area contributed by atoms with Crippen molar-refractivity contribution in [2.45, 2.75) is 135 Å². The molecule has 0 bridgehead atoms. The van der Waals surface area contributed by atoms with Gasteiger partial charge in [0.15, 0.2) is 0 Å². The number of hydrogen-bond donors (Lipinski definition) is 3. The lowest BCUT2D eigenvalue weighted by Crippen LogP contribution is -2.45. The summed E-state index contributed by atoms with van der Waals surface area (Å²) in [6.45, 7) is 4.10. The number of carbonyl (C=O) groups excluding carboxylic acids is 1. The van der Waals surface area contributed by atoms with Crippen molar-refractivity contribution in [3.63, 3.8) is 0 Å². The molecule has 1 amide bonds. The van der Waals surface area contributed by atoms with Crippen LogP contribution in [0.1, 0.15) is 123 Å². The van der Waals surface area contributed by atoms with Gasteiger partial charge in [0.05, 0.1) is 18.8 Å². The largest absolute Gasteiger partial charge is 0.394 e. The topological polar surface area (TPSA) is 69.6 Å². The lowest BCUT2D eigenvalue weighted by atomic mass is 10.1. The lowest BCUT2D eigenvalue weighted by Gasteiger charge is -2.19. The first kappa shape index (κ1) is 29.9. The Hall–Kier alpha value is -1.13. The average Bonchev–Trinajstić information content (AvgIpc) is 2.77. The van der Waals surface area contributed by atoms with E-state index in [1.165, 1.54) is 64.2 Å². The third kappa shape index (κ3) is 20.5. The van der Waals surface area contributed by atoms with Crippen molar-refractivity contribution < 1.29 is 15.0 Å². The van der Waals surface area contributed by atoms with E-state index in [2.05, 4.69) is 31.3 Å². The molecule has 2 atom stereocenters. The number of carbonyl (C=O) groups is 1. The van der Waals surface area contributed by atoms with Crippen LogP contribution in [0.25, 0.3) is 0 Å². The molecular weight excluding hydrogens is 386 g/mol. The molecule has 0 radical (unpaired) electrons. The van der Waals surface area contributed by atoms with Gasteiger partial charge in [-0.3, -0.25) is 4.79 Å².